The fraction of sp³-hybridized carbons (Fsp3) is 0.200. The minimum atomic E-state index is -0.257. The van der Waals surface area contributed by atoms with E-state index < -0.39 is 0 Å². The molecule has 5 rings (SSSR count). The zero-order valence-corrected chi connectivity index (χ0v) is 14.3. The molecule has 4 nitrogen and oxygen atoms in total. The van der Waals surface area contributed by atoms with Crippen LogP contribution in [-0.4, -0.2) is 23.3 Å². The standard InChI is InChI=1S/C20H16N2O2S/c23-18-14-9-4-5-10-15(14)22-19(24)17(13-7-2-1-3-8-13)25-20(22)16-11-6-12-21(16)18/h1-5,7-10,17H,6,11-12H2. The second kappa shape index (κ2) is 5.49. The maximum atomic E-state index is 13.3. The molecule has 0 bridgehead atoms. The number of hydrogen-bond donors (Lipinski definition) is 0. The van der Waals surface area contributed by atoms with Crippen LogP contribution in [0.25, 0.3) is 0 Å². The largest absolute Gasteiger partial charge is 0.309 e. The first kappa shape index (κ1) is 14.8. The Morgan fingerprint density at radius 3 is 2.56 bits per heavy atom. The molecular formula is C20H16N2O2S. The molecule has 0 radical (unpaired) electrons. The third-order valence-corrected chi connectivity index (χ3v) is 6.32. The number of fused-ring (bicyclic) bond motifs is 4. The van der Waals surface area contributed by atoms with Crippen molar-refractivity contribution < 1.29 is 9.59 Å². The lowest BCUT2D eigenvalue weighted by molar-refractivity contribution is -0.117. The van der Waals surface area contributed by atoms with E-state index in [9.17, 15) is 9.59 Å². The van der Waals surface area contributed by atoms with E-state index in [-0.39, 0.29) is 17.1 Å². The third-order valence-electron chi connectivity index (χ3n) is 4.97. The van der Waals surface area contributed by atoms with E-state index in [1.165, 1.54) is 0 Å². The summed E-state index contributed by atoms with van der Waals surface area (Å²) < 4.78 is 0. The number of amides is 2. The first-order chi connectivity index (χ1) is 12.3. The number of nitrogens with zero attached hydrogens (tertiary/aromatic N) is 2. The monoisotopic (exact) mass is 348 g/mol. The van der Waals surface area contributed by atoms with Crippen molar-refractivity contribution in [1.29, 1.82) is 0 Å². The first-order valence-corrected chi connectivity index (χ1v) is 9.33. The number of rotatable bonds is 1. The fourth-order valence-electron chi connectivity index (χ4n) is 3.81. The van der Waals surface area contributed by atoms with Crippen molar-refractivity contribution in [2.75, 3.05) is 11.4 Å². The molecule has 3 heterocycles. The minimum Gasteiger partial charge on any atom is -0.309 e. The molecule has 5 heteroatoms. The molecule has 1 atom stereocenters. The summed E-state index contributed by atoms with van der Waals surface area (Å²) in [6.45, 7) is 0.727. The van der Waals surface area contributed by atoms with Crippen molar-refractivity contribution in [1.82, 2.24) is 4.90 Å². The fourth-order valence-corrected chi connectivity index (χ4v) is 5.18. The highest BCUT2D eigenvalue weighted by molar-refractivity contribution is 8.04. The van der Waals surface area contributed by atoms with Gasteiger partial charge in [-0.1, -0.05) is 54.2 Å². The Labute approximate surface area is 150 Å². The van der Waals surface area contributed by atoms with Gasteiger partial charge in [-0.3, -0.25) is 14.5 Å². The van der Waals surface area contributed by atoms with Crippen molar-refractivity contribution in [2.24, 2.45) is 0 Å². The molecule has 2 aromatic rings. The van der Waals surface area contributed by atoms with Crippen molar-refractivity contribution in [2.45, 2.75) is 18.1 Å². The van der Waals surface area contributed by atoms with Gasteiger partial charge in [-0.15, -0.1) is 0 Å². The molecule has 0 N–H and O–H groups in total. The summed E-state index contributed by atoms with van der Waals surface area (Å²) in [5.41, 5.74) is 3.32. The molecule has 0 saturated carbocycles. The molecule has 25 heavy (non-hydrogen) atoms. The van der Waals surface area contributed by atoms with E-state index in [0.29, 0.717) is 11.3 Å². The Balaban J connectivity index is 1.71. The number of allylic oxidation sites excluding steroid dienone is 1. The molecule has 3 aliphatic heterocycles. The number of anilines is 1. The molecule has 0 aliphatic carbocycles. The Morgan fingerprint density at radius 2 is 1.72 bits per heavy atom. The first-order valence-electron chi connectivity index (χ1n) is 8.45. The predicted molar refractivity (Wildman–Crippen MR) is 98.0 cm³/mol. The van der Waals surface area contributed by atoms with Gasteiger partial charge in [0.25, 0.3) is 5.91 Å². The number of thioether (sulfide) groups is 1. The normalized spacial score (nSPS) is 22.0. The SMILES string of the molecule is O=C1c2ccccc2N2C(=O)C(c3ccccc3)SC2=C2CCCN12. The second-order valence-corrected chi connectivity index (χ2v) is 7.51. The number of carbonyl (C=O) groups excluding carboxylic acids is 2. The van der Waals surface area contributed by atoms with Crippen LogP contribution < -0.4 is 4.90 Å². The summed E-state index contributed by atoms with van der Waals surface area (Å²) in [7, 11) is 0. The van der Waals surface area contributed by atoms with E-state index >= 15 is 0 Å². The van der Waals surface area contributed by atoms with E-state index in [2.05, 4.69) is 0 Å². The molecule has 1 unspecified atom stereocenters. The number of carbonyl (C=O) groups is 2. The summed E-state index contributed by atoms with van der Waals surface area (Å²) in [6.07, 6.45) is 1.79. The van der Waals surface area contributed by atoms with Crippen LogP contribution in [0.3, 0.4) is 0 Å². The maximum Gasteiger partial charge on any atom is 0.260 e. The lowest BCUT2D eigenvalue weighted by Crippen LogP contribution is -2.26. The van der Waals surface area contributed by atoms with E-state index in [1.54, 1.807) is 16.7 Å². The Bertz CT molecular complexity index is 922. The van der Waals surface area contributed by atoms with Gasteiger partial charge >= 0.3 is 0 Å². The van der Waals surface area contributed by atoms with Gasteiger partial charge in [0.1, 0.15) is 10.3 Å². The summed E-state index contributed by atoms with van der Waals surface area (Å²) in [6, 6.07) is 17.3. The molecule has 2 fully saturated rings. The zero-order chi connectivity index (χ0) is 17.0. The average Bonchev–Trinajstić information content (AvgIpc) is 3.24. The molecule has 2 amide bonds. The zero-order valence-electron chi connectivity index (χ0n) is 13.5. The van der Waals surface area contributed by atoms with Crippen LogP contribution in [-0.2, 0) is 4.79 Å². The molecule has 0 spiro atoms. The van der Waals surface area contributed by atoms with Gasteiger partial charge in [0.2, 0.25) is 5.91 Å². The van der Waals surface area contributed by atoms with E-state index in [1.807, 2.05) is 59.5 Å². The Hall–Kier alpha value is -2.53. The van der Waals surface area contributed by atoms with Crippen LogP contribution in [0, 0.1) is 0 Å². The maximum absolute atomic E-state index is 13.3. The summed E-state index contributed by atoms with van der Waals surface area (Å²) in [4.78, 5) is 29.9. The van der Waals surface area contributed by atoms with Gasteiger partial charge in [-0.25, -0.2) is 0 Å². The number of para-hydroxylation sites is 1. The predicted octanol–water partition coefficient (Wildman–Crippen LogP) is 3.93. The third kappa shape index (κ3) is 2.09. The van der Waals surface area contributed by atoms with Gasteiger partial charge in [0, 0.05) is 6.54 Å². The van der Waals surface area contributed by atoms with Crippen molar-refractivity contribution in [3.8, 4) is 0 Å². The molecule has 3 aliphatic rings. The number of benzene rings is 2. The van der Waals surface area contributed by atoms with E-state index in [4.69, 9.17) is 0 Å². The van der Waals surface area contributed by atoms with E-state index in [0.717, 1.165) is 35.7 Å². The topological polar surface area (TPSA) is 40.6 Å². The van der Waals surface area contributed by atoms with Gasteiger partial charge < -0.3 is 4.90 Å². The van der Waals surface area contributed by atoms with Crippen molar-refractivity contribution in [3.05, 3.63) is 76.5 Å². The lowest BCUT2D eigenvalue weighted by atomic mass is 10.1. The van der Waals surface area contributed by atoms with Gasteiger partial charge in [0.15, 0.2) is 0 Å². The highest BCUT2D eigenvalue weighted by atomic mass is 32.2. The molecule has 2 saturated heterocycles. The van der Waals surface area contributed by atoms with Crippen molar-refractivity contribution in [3.63, 3.8) is 0 Å². The number of hydrogen-bond acceptors (Lipinski definition) is 3. The smallest absolute Gasteiger partial charge is 0.260 e. The van der Waals surface area contributed by atoms with Gasteiger partial charge in [-0.05, 0) is 30.5 Å². The van der Waals surface area contributed by atoms with Crippen LogP contribution >= 0.6 is 11.8 Å². The molecule has 0 aromatic heterocycles. The molecule has 124 valence electrons. The highest BCUT2D eigenvalue weighted by Crippen LogP contribution is 2.52. The minimum absolute atomic E-state index is 0.00895. The molecule has 2 aromatic carbocycles. The second-order valence-electron chi connectivity index (χ2n) is 6.41. The summed E-state index contributed by atoms with van der Waals surface area (Å²) in [5.74, 6) is 0.0439. The lowest BCUT2D eigenvalue weighted by Gasteiger charge is -2.18. The Kier molecular flexibility index (Phi) is 3.25. The summed E-state index contributed by atoms with van der Waals surface area (Å²) in [5, 5.41) is 0.669. The van der Waals surface area contributed by atoms with Crippen molar-refractivity contribution >= 4 is 29.3 Å². The summed E-state index contributed by atoms with van der Waals surface area (Å²) >= 11 is 1.57. The average molecular weight is 348 g/mol. The van der Waals surface area contributed by atoms with Gasteiger partial charge in [-0.2, -0.15) is 0 Å². The van der Waals surface area contributed by atoms with Crippen LogP contribution in [0.4, 0.5) is 5.69 Å². The molecular weight excluding hydrogens is 332 g/mol. The van der Waals surface area contributed by atoms with Crippen LogP contribution in [0.1, 0.15) is 34.0 Å². The van der Waals surface area contributed by atoms with Gasteiger partial charge in [0.05, 0.1) is 16.9 Å². The quantitative estimate of drug-likeness (QED) is 0.784. The highest BCUT2D eigenvalue weighted by Gasteiger charge is 2.45. The van der Waals surface area contributed by atoms with Crippen LogP contribution in [0.2, 0.25) is 0 Å². The van der Waals surface area contributed by atoms with Crippen LogP contribution in [0.15, 0.2) is 65.3 Å². The Morgan fingerprint density at radius 1 is 0.960 bits per heavy atom. The van der Waals surface area contributed by atoms with Crippen LogP contribution in [0.5, 0.6) is 0 Å².